The van der Waals surface area contributed by atoms with E-state index in [1.54, 1.807) is 13.8 Å². The smallest absolute Gasteiger partial charge is 0.326 e. The number of carboxylic acid groups (broad SMARTS) is 1. The van der Waals surface area contributed by atoms with Crippen LogP contribution in [0.5, 0.6) is 0 Å². The first-order valence-corrected chi connectivity index (χ1v) is 24.1. The molecular formula is C48H77N9O13. The monoisotopic (exact) mass is 988 g/mol. The molecule has 392 valence electrons. The van der Waals surface area contributed by atoms with E-state index < -0.39 is 105 Å². The van der Waals surface area contributed by atoms with E-state index >= 15 is 0 Å². The largest absolute Gasteiger partial charge is 0.480 e. The van der Waals surface area contributed by atoms with Crippen molar-refractivity contribution in [2.45, 2.75) is 149 Å². The van der Waals surface area contributed by atoms with Gasteiger partial charge in [0.2, 0.25) is 41.4 Å². The van der Waals surface area contributed by atoms with Crippen molar-refractivity contribution in [1.29, 1.82) is 0 Å². The standard InChI is InChI=1S/C48H77N9O13/c1-32(2)46(66)37(49)26-35-18-20-36(21-19-35)34(4)57-70-25-24-50-42(62)27-51-43(63)28-52-44(64)29-53-45(65)30-54-47(67)39(31-58)56-41(61)23-22-38(48(68)69)55-40(60)17-15-13-11-9-7-5-6-8-10-12-14-16-33(3)59/h18-21,32,37-39,58H,5-17,22-31,49H2,1-4H3,(H,50,62)(H,51,63)(H,52,64)(H,53,65)(H,54,67)(H,55,60)(H,56,61)(H,68,69)/b57-34+/t37-,38-,39-/m0/s1. The summed E-state index contributed by atoms with van der Waals surface area (Å²) in [5, 5.41) is 39.5. The Morgan fingerprint density at radius 2 is 1.06 bits per heavy atom. The van der Waals surface area contributed by atoms with E-state index in [2.05, 4.69) is 42.4 Å². The summed E-state index contributed by atoms with van der Waals surface area (Å²) in [6, 6.07) is 3.99. The van der Waals surface area contributed by atoms with Gasteiger partial charge in [0.15, 0.2) is 5.78 Å². The summed E-state index contributed by atoms with van der Waals surface area (Å²) in [4.78, 5) is 126. The fourth-order valence-corrected chi connectivity index (χ4v) is 6.68. The van der Waals surface area contributed by atoms with Gasteiger partial charge in [-0.3, -0.25) is 38.4 Å². The van der Waals surface area contributed by atoms with Crippen LogP contribution >= 0.6 is 0 Å². The maximum Gasteiger partial charge on any atom is 0.326 e. The molecule has 0 spiro atoms. The molecule has 0 aromatic heterocycles. The van der Waals surface area contributed by atoms with Crippen molar-refractivity contribution in [1.82, 2.24) is 37.2 Å². The van der Waals surface area contributed by atoms with Crippen LogP contribution in [0, 0.1) is 5.92 Å². The average molecular weight is 988 g/mol. The molecule has 1 aromatic rings. The third-order valence-corrected chi connectivity index (χ3v) is 10.8. The summed E-state index contributed by atoms with van der Waals surface area (Å²) in [6.07, 6.45) is 11.7. The zero-order valence-corrected chi connectivity index (χ0v) is 41.3. The van der Waals surface area contributed by atoms with Crippen LogP contribution in [0.1, 0.15) is 135 Å². The van der Waals surface area contributed by atoms with Crippen LogP contribution in [-0.2, 0) is 59.2 Å². The highest BCUT2D eigenvalue weighted by Gasteiger charge is 2.24. The summed E-state index contributed by atoms with van der Waals surface area (Å²) in [7, 11) is 0. The Balaban J connectivity index is 2.23. The number of amides is 7. The van der Waals surface area contributed by atoms with Gasteiger partial charge in [-0.2, -0.15) is 0 Å². The highest BCUT2D eigenvalue weighted by molar-refractivity contribution is 5.98. The number of hydrogen-bond acceptors (Lipinski definition) is 14. The summed E-state index contributed by atoms with van der Waals surface area (Å²) in [6.45, 7) is 4.15. The van der Waals surface area contributed by atoms with E-state index in [0.29, 0.717) is 25.0 Å². The Labute approximate surface area is 410 Å². The highest BCUT2D eigenvalue weighted by Crippen LogP contribution is 2.14. The summed E-state index contributed by atoms with van der Waals surface area (Å²) < 4.78 is 0. The molecule has 0 heterocycles. The molecule has 0 radical (unpaired) electrons. The first-order valence-electron chi connectivity index (χ1n) is 24.1. The molecule has 70 heavy (non-hydrogen) atoms. The number of hydrogen-bond donors (Lipinski definition) is 10. The van der Waals surface area contributed by atoms with Gasteiger partial charge in [0, 0.05) is 25.2 Å². The number of unbranched alkanes of at least 4 members (excludes halogenated alkanes) is 10. The Kier molecular flexibility index (Phi) is 32.3. The van der Waals surface area contributed by atoms with Gasteiger partial charge in [0.05, 0.1) is 51.1 Å². The average Bonchev–Trinajstić information content (AvgIpc) is 3.32. The number of aliphatic hydroxyl groups excluding tert-OH is 1. The van der Waals surface area contributed by atoms with E-state index in [4.69, 9.17) is 10.6 Å². The van der Waals surface area contributed by atoms with Gasteiger partial charge >= 0.3 is 5.97 Å². The number of nitrogens with zero attached hydrogens (tertiary/aromatic N) is 1. The van der Waals surface area contributed by atoms with Crippen LogP contribution in [0.25, 0.3) is 0 Å². The van der Waals surface area contributed by atoms with Gasteiger partial charge in [-0.15, -0.1) is 0 Å². The highest BCUT2D eigenvalue weighted by atomic mass is 16.6. The maximum absolute atomic E-state index is 12.5. The lowest BCUT2D eigenvalue weighted by atomic mass is 9.96. The third-order valence-electron chi connectivity index (χ3n) is 10.8. The van der Waals surface area contributed by atoms with Crippen molar-refractivity contribution in [2.24, 2.45) is 16.8 Å². The van der Waals surface area contributed by atoms with Crippen LogP contribution < -0.4 is 43.0 Å². The molecule has 3 atom stereocenters. The van der Waals surface area contributed by atoms with Crippen LogP contribution in [0.3, 0.4) is 0 Å². The number of rotatable bonds is 39. The molecule has 0 aliphatic heterocycles. The molecule has 0 bridgehead atoms. The number of carboxylic acids is 1. The van der Waals surface area contributed by atoms with E-state index in [9.17, 15) is 58.2 Å². The molecule has 22 nitrogen and oxygen atoms in total. The molecule has 0 aliphatic rings. The Hall–Kier alpha value is -6.29. The van der Waals surface area contributed by atoms with Gasteiger partial charge in [-0.05, 0) is 50.7 Å². The lowest BCUT2D eigenvalue weighted by Crippen LogP contribution is -2.51. The van der Waals surface area contributed by atoms with Gasteiger partial charge in [-0.1, -0.05) is 101 Å². The number of aliphatic hydroxyl groups is 1. The second kappa shape index (κ2) is 36.7. The summed E-state index contributed by atoms with van der Waals surface area (Å²) in [5.41, 5.74) is 8.30. The number of oxime groups is 1. The minimum absolute atomic E-state index is 0.00214. The maximum atomic E-state index is 12.5. The molecule has 0 fully saturated rings. The van der Waals surface area contributed by atoms with E-state index in [1.807, 2.05) is 38.1 Å². The Morgan fingerprint density at radius 3 is 1.54 bits per heavy atom. The van der Waals surface area contributed by atoms with Gasteiger partial charge in [0.25, 0.3) is 0 Å². The zero-order valence-electron chi connectivity index (χ0n) is 41.3. The van der Waals surface area contributed by atoms with Crippen LogP contribution in [0.2, 0.25) is 0 Å². The normalized spacial score (nSPS) is 12.4. The molecular weight excluding hydrogens is 911 g/mol. The van der Waals surface area contributed by atoms with Crippen molar-refractivity contribution < 1.29 is 63.0 Å². The molecule has 1 rings (SSSR count). The SMILES string of the molecule is CC(=O)CCCCCCCCCCCCCC(=O)N[C@@H](CCC(=O)N[C@@H](CO)C(=O)NCC(=O)NCC(=O)NCC(=O)NCC(=O)NCCO/N=C(\C)c1ccc(C[C@H](N)C(=O)C(C)C)cc1)C(=O)O. The van der Waals surface area contributed by atoms with E-state index in [-0.39, 0.29) is 43.5 Å². The minimum Gasteiger partial charge on any atom is -0.480 e. The van der Waals surface area contributed by atoms with Crippen LogP contribution in [0.4, 0.5) is 0 Å². The van der Waals surface area contributed by atoms with Crippen LogP contribution in [-0.4, -0.2) is 139 Å². The molecule has 11 N–H and O–H groups in total. The lowest BCUT2D eigenvalue weighted by Gasteiger charge is -2.18. The number of carbonyl (C=O) groups excluding carboxylic acids is 9. The minimum atomic E-state index is -1.49. The number of aliphatic carboxylic acids is 1. The number of ketones is 2. The first-order chi connectivity index (χ1) is 33.3. The molecule has 0 aliphatic carbocycles. The molecule has 0 saturated heterocycles. The number of carbonyl (C=O) groups is 10. The van der Waals surface area contributed by atoms with Crippen molar-refractivity contribution >= 4 is 64.6 Å². The van der Waals surface area contributed by atoms with Gasteiger partial charge in [0.1, 0.15) is 24.5 Å². The fraction of sp³-hybridized carbons (Fsp3) is 0.646. The molecule has 0 unspecified atom stereocenters. The summed E-state index contributed by atoms with van der Waals surface area (Å²) in [5.74, 6) is -6.22. The zero-order chi connectivity index (χ0) is 52.3. The predicted molar refractivity (Wildman–Crippen MR) is 260 cm³/mol. The van der Waals surface area contributed by atoms with Crippen molar-refractivity contribution in [2.75, 3.05) is 45.9 Å². The number of Topliss-reactive ketones (excluding diaryl/α,β-unsaturated/α-hetero) is 2. The topological polar surface area (TPSA) is 343 Å². The molecule has 7 amide bonds. The van der Waals surface area contributed by atoms with Crippen molar-refractivity contribution in [3.8, 4) is 0 Å². The summed E-state index contributed by atoms with van der Waals surface area (Å²) >= 11 is 0. The second-order valence-corrected chi connectivity index (χ2v) is 17.4. The lowest BCUT2D eigenvalue weighted by molar-refractivity contribution is -0.142. The van der Waals surface area contributed by atoms with E-state index in [1.165, 1.54) is 0 Å². The number of benzene rings is 1. The number of nitrogens with one attached hydrogen (secondary N) is 7. The Bertz CT molecular complexity index is 1880. The van der Waals surface area contributed by atoms with Gasteiger partial charge < -0.3 is 62.8 Å². The molecule has 22 heteroatoms. The fourth-order valence-electron chi connectivity index (χ4n) is 6.68. The van der Waals surface area contributed by atoms with Crippen LogP contribution in [0.15, 0.2) is 29.4 Å². The van der Waals surface area contributed by atoms with Crippen molar-refractivity contribution in [3.05, 3.63) is 35.4 Å². The second-order valence-electron chi connectivity index (χ2n) is 17.4. The Morgan fingerprint density at radius 1 is 0.600 bits per heavy atom. The van der Waals surface area contributed by atoms with E-state index in [0.717, 1.165) is 75.3 Å². The number of nitrogens with two attached hydrogens (primary N) is 1. The molecule has 0 saturated carbocycles. The third kappa shape index (κ3) is 30.3. The van der Waals surface area contributed by atoms with Gasteiger partial charge in [-0.25, -0.2) is 4.79 Å². The van der Waals surface area contributed by atoms with Crippen molar-refractivity contribution in [3.63, 3.8) is 0 Å². The quantitative estimate of drug-likeness (QED) is 0.0245. The predicted octanol–water partition coefficient (Wildman–Crippen LogP) is 0.590. The first kappa shape index (κ1) is 61.7. The molecule has 1 aromatic carbocycles.